The van der Waals surface area contributed by atoms with E-state index in [1.165, 1.54) is 12.7 Å². The van der Waals surface area contributed by atoms with Gasteiger partial charge < -0.3 is 0 Å². The third kappa shape index (κ3) is 3.13. The highest BCUT2D eigenvalue weighted by Gasteiger charge is 2.18. The summed E-state index contributed by atoms with van der Waals surface area (Å²) >= 11 is 0. The van der Waals surface area contributed by atoms with Gasteiger partial charge in [0, 0.05) is 5.92 Å². The molecule has 0 fully saturated rings. The lowest BCUT2D eigenvalue weighted by molar-refractivity contribution is 0.423. The normalized spacial score (nSPS) is 11.2. The Balaban J connectivity index is 1.90. The highest BCUT2D eigenvalue weighted by Crippen LogP contribution is 2.23. The molecular formula is C14H15FN6. The van der Waals surface area contributed by atoms with Crippen LogP contribution in [0.3, 0.4) is 0 Å². The molecule has 6 nitrogen and oxygen atoms in total. The van der Waals surface area contributed by atoms with Crippen LogP contribution in [0.15, 0.2) is 43.5 Å². The standard InChI is InChI=1S/C14H15FN6/c1-11-2-3-13(14(15)4-11)12(5-20-9-16-7-18-20)6-21-10-17-8-19-21/h2-4,7-10,12H,5-6H2,1H3. The summed E-state index contributed by atoms with van der Waals surface area (Å²) in [5.41, 5.74) is 1.54. The number of hydrogen-bond acceptors (Lipinski definition) is 4. The molecule has 0 radical (unpaired) electrons. The smallest absolute Gasteiger partial charge is 0.137 e. The van der Waals surface area contributed by atoms with Gasteiger partial charge in [0.1, 0.15) is 31.1 Å². The first kappa shape index (κ1) is 13.4. The monoisotopic (exact) mass is 286 g/mol. The average molecular weight is 286 g/mol. The topological polar surface area (TPSA) is 61.4 Å². The number of aromatic nitrogens is 6. The van der Waals surface area contributed by atoms with Gasteiger partial charge in [0.25, 0.3) is 0 Å². The molecule has 0 aliphatic carbocycles. The minimum absolute atomic E-state index is 0.103. The zero-order chi connectivity index (χ0) is 14.7. The molecule has 3 aromatic rings. The van der Waals surface area contributed by atoms with Crippen LogP contribution in [-0.4, -0.2) is 29.5 Å². The van der Waals surface area contributed by atoms with E-state index in [1.807, 2.05) is 19.1 Å². The van der Waals surface area contributed by atoms with E-state index in [-0.39, 0.29) is 11.7 Å². The van der Waals surface area contributed by atoms with Crippen molar-refractivity contribution in [1.82, 2.24) is 29.5 Å². The second-order valence-corrected chi connectivity index (χ2v) is 4.96. The molecule has 0 saturated carbocycles. The van der Waals surface area contributed by atoms with Crippen LogP contribution in [0.5, 0.6) is 0 Å². The van der Waals surface area contributed by atoms with Crippen molar-refractivity contribution in [1.29, 1.82) is 0 Å². The van der Waals surface area contributed by atoms with Gasteiger partial charge in [0.05, 0.1) is 13.1 Å². The highest BCUT2D eigenvalue weighted by molar-refractivity contribution is 5.26. The Morgan fingerprint density at radius 1 is 1.05 bits per heavy atom. The van der Waals surface area contributed by atoms with Gasteiger partial charge in [-0.1, -0.05) is 12.1 Å². The van der Waals surface area contributed by atoms with Crippen molar-refractivity contribution < 1.29 is 4.39 Å². The van der Waals surface area contributed by atoms with E-state index in [9.17, 15) is 4.39 Å². The summed E-state index contributed by atoms with van der Waals surface area (Å²) in [6.07, 6.45) is 6.19. The molecule has 0 spiro atoms. The summed E-state index contributed by atoms with van der Waals surface area (Å²) in [6.45, 7) is 2.93. The summed E-state index contributed by atoms with van der Waals surface area (Å²) in [6, 6.07) is 5.28. The van der Waals surface area contributed by atoms with Gasteiger partial charge in [0.15, 0.2) is 0 Å². The number of nitrogens with zero attached hydrogens (tertiary/aromatic N) is 6. The fourth-order valence-electron chi connectivity index (χ4n) is 2.32. The highest BCUT2D eigenvalue weighted by atomic mass is 19.1. The van der Waals surface area contributed by atoms with Crippen molar-refractivity contribution in [3.8, 4) is 0 Å². The number of aryl methyl sites for hydroxylation is 1. The first-order chi connectivity index (χ1) is 10.2. The fraction of sp³-hybridized carbons (Fsp3) is 0.286. The van der Waals surface area contributed by atoms with E-state index in [4.69, 9.17) is 0 Å². The Hall–Kier alpha value is -2.57. The molecule has 0 unspecified atom stereocenters. The lowest BCUT2D eigenvalue weighted by atomic mass is 9.97. The second kappa shape index (κ2) is 5.82. The van der Waals surface area contributed by atoms with Crippen LogP contribution >= 0.6 is 0 Å². The van der Waals surface area contributed by atoms with Crippen LogP contribution in [0.2, 0.25) is 0 Å². The Morgan fingerprint density at radius 3 is 2.14 bits per heavy atom. The Morgan fingerprint density at radius 2 is 1.67 bits per heavy atom. The summed E-state index contributed by atoms with van der Waals surface area (Å²) < 4.78 is 17.7. The van der Waals surface area contributed by atoms with Gasteiger partial charge in [-0.05, 0) is 24.1 Å². The molecule has 7 heteroatoms. The zero-order valence-electron chi connectivity index (χ0n) is 11.6. The van der Waals surface area contributed by atoms with Crippen LogP contribution in [0.4, 0.5) is 4.39 Å². The van der Waals surface area contributed by atoms with Gasteiger partial charge in [0.2, 0.25) is 0 Å². The number of benzene rings is 1. The third-order valence-corrected chi connectivity index (χ3v) is 3.34. The summed E-state index contributed by atoms with van der Waals surface area (Å²) in [5.74, 6) is -0.311. The van der Waals surface area contributed by atoms with Crippen LogP contribution in [0.25, 0.3) is 0 Å². The van der Waals surface area contributed by atoms with E-state index in [1.54, 1.807) is 28.1 Å². The Kier molecular flexibility index (Phi) is 3.72. The average Bonchev–Trinajstić information content (AvgIpc) is 3.11. The molecule has 0 saturated heterocycles. The van der Waals surface area contributed by atoms with Crippen molar-refractivity contribution in [2.45, 2.75) is 25.9 Å². The van der Waals surface area contributed by atoms with Crippen LogP contribution in [0.1, 0.15) is 17.0 Å². The number of rotatable bonds is 5. The first-order valence-corrected chi connectivity index (χ1v) is 6.63. The Labute approximate surface area is 121 Å². The minimum Gasteiger partial charge on any atom is -0.252 e. The quantitative estimate of drug-likeness (QED) is 0.717. The summed E-state index contributed by atoms with van der Waals surface area (Å²) in [5, 5.41) is 8.19. The van der Waals surface area contributed by atoms with Crippen molar-refractivity contribution in [3.05, 3.63) is 60.5 Å². The fourth-order valence-corrected chi connectivity index (χ4v) is 2.32. The van der Waals surface area contributed by atoms with Crippen LogP contribution in [-0.2, 0) is 13.1 Å². The molecule has 0 amide bonds. The molecule has 108 valence electrons. The predicted octanol–water partition coefficient (Wildman–Crippen LogP) is 1.80. The SMILES string of the molecule is Cc1ccc(C(Cn2cncn2)Cn2cncn2)c(F)c1. The van der Waals surface area contributed by atoms with E-state index in [2.05, 4.69) is 20.2 Å². The lowest BCUT2D eigenvalue weighted by Crippen LogP contribution is -2.17. The van der Waals surface area contributed by atoms with E-state index in [0.717, 1.165) is 5.56 Å². The van der Waals surface area contributed by atoms with Crippen molar-refractivity contribution in [3.63, 3.8) is 0 Å². The molecule has 21 heavy (non-hydrogen) atoms. The first-order valence-electron chi connectivity index (χ1n) is 6.63. The van der Waals surface area contributed by atoms with E-state index < -0.39 is 0 Å². The second-order valence-electron chi connectivity index (χ2n) is 4.96. The van der Waals surface area contributed by atoms with E-state index >= 15 is 0 Å². The number of halogens is 1. The molecule has 0 N–H and O–H groups in total. The maximum atomic E-state index is 14.3. The zero-order valence-corrected chi connectivity index (χ0v) is 11.6. The van der Waals surface area contributed by atoms with Crippen molar-refractivity contribution >= 4 is 0 Å². The largest absolute Gasteiger partial charge is 0.252 e. The van der Waals surface area contributed by atoms with Crippen LogP contribution in [0, 0.1) is 12.7 Å². The maximum Gasteiger partial charge on any atom is 0.137 e. The maximum absolute atomic E-state index is 14.3. The van der Waals surface area contributed by atoms with E-state index in [0.29, 0.717) is 18.7 Å². The van der Waals surface area contributed by atoms with Gasteiger partial charge in [-0.2, -0.15) is 10.2 Å². The molecule has 0 aliphatic rings. The van der Waals surface area contributed by atoms with Crippen molar-refractivity contribution in [2.24, 2.45) is 0 Å². The van der Waals surface area contributed by atoms with Gasteiger partial charge >= 0.3 is 0 Å². The Bertz CT molecular complexity index is 656. The summed E-state index contributed by atoms with van der Waals surface area (Å²) in [4.78, 5) is 7.85. The molecule has 1 aromatic carbocycles. The lowest BCUT2D eigenvalue weighted by Gasteiger charge is -2.18. The minimum atomic E-state index is -0.208. The molecule has 2 aromatic heterocycles. The van der Waals surface area contributed by atoms with Gasteiger partial charge in [-0.15, -0.1) is 0 Å². The van der Waals surface area contributed by atoms with Gasteiger partial charge in [-0.25, -0.2) is 14.4 Å². The van der Waals surface area contributed by atoms with Crippen LogP contribution < -0.4 is 0 Å². The van der Waals surface area contributed by atoms with Crippen molar-refractivity contribution in [2.75, 3.05) is 0 Å². The molecule has 2 heterocycles. The molecule has 3 rings (SSSR count). The molecule has 0 aliphatic heterocycles. The summed E-state index contributed by atoms with van der Waals surface area (Å²) in [7, 11) is 0. The predicted molar refractivity (Wildman–Crippen MR) is 73.9 cm³/mol. The third-order valence-electron chi connectivity index (χ3n) is 3.34. The molecule has 0 atom stereocenters. The number of hydrogen-bond donors (Lipinski definition) is 0. The van der Waals surface area contributed by atoms with Gasteiger partial charge in [-0.3, -0.25) is 9.36 Å². The molecule has 0 bridgehead atoms. The molecular weight excluding hydrogens is 271 g/mol.